The number of rotatable bonds is 9. The molecule has 2 rings (SSSR count). The molecule has 0 heterocycles. The predicted octanol–water partition coefficient (Wildman–Crippen LogP) is 3.47. The molecule has 0 saturated heterocycles. The molecule has 2 aromatic carbocycles. The van der Waals surface area contributed by atoms with Crippen LogP contribution >= 0.6 is 0 Å². The Labute approximate surface area is 161 Å². The minimum Gasteiger partial charge on any atom is -0.378 e. The number of carbonyl (C=O) groups is 1. The third kappa shape index (κ3) is 6.08. The fraction of sp³-hybridized carbons (Fsp3) is 0.350. The Morgan fingerprint density at radius 1 is 0.963 bits per heavy atom. The normalized spacial score (nSPS) is 11.2. The average Bonchev–Trinajstić information content (AvgIpc) is 2.66. The van der Waals surface area contributed by atoms with Gasteiger partial charge in [0.05, 0.1) is 4.90 Å². The van der Waals surface area contributed by atoms with Gasteiger partial charge in [0.2, 0.25) is 10.0 Å². The standard InChI is InChI=1S/C20H27N3O3S/c1-4-5-6-15-21-27(25,26)19-13-7-16(8-14-19)20(24)22-17-9-11-18(12-10-17)23(2)3/h7-14,21H,4-6,15H2,1-3H3,(H,22,24). The van der Waals surface area contributed by atoms with E-state index in [-0.39, 0.29) is 10.8 Å². The monoisotopic (exact) mass is 389 g/mol. The van der Waals surface area contributed by atoms with Crippen LogP contribution in [0.2, 0.25) is 0 Å². The molecule has 0 aliphatic carbocycles. The van der Waals surface area contributed by atoms with Gasteiger partial charge in [0, 0.05) is 37.6 Å². The van der Waals surface area contributed by atoms with Crippen LogP contribution in [0.5, 0.6) is 0 Å². The molecular formula is C20H27N3O3S. The zero-order chi connectivity index (χ0) is 19.9. The topological polar surface area (TPSA) is 78.5 Å². The van der Waals surface area contributed by atoms with Crippen molar-refractivity contribution >= 4 is 27.3 Å². The lowest BCUT2D eigenvalue weighted by Gasteiger charge is -2.13. The van der Waals surface area contributed by atoms with Crippen LogP contribution < -0.4 is 14.9 Å². The smallest absolute Gasteiger partial charge is 0.255 e. The van der Waals surface area contributed by atoms with Gasteiger partial charge in [-0.15, -0.1) is 0 Å². The van der Waals surface area contributed by atoms with Gasteiger partial charge in [-0.3, -0.25) is 4.79 Å². The van der Waals surface area contributed by atoms with Crippen LogP contribution in [0.1, 0.15) is 36.5 Å². The summed E-state index contributed by atoms with van der Waals surface area (Å²) < 4.78 is 27.1. The molecule has 1 amide bonds. The first-order chi connectivity index (χ1) is 12.8. The van der Waals surface area contributed by atoms with E-state index in [0.717, 1.165) is 24.9 Å². The van der Waals surface area contributed by atoms with Crippen molar-refractivity contribution in [3.05, 3.63) is 54.1 Å². The molecule has 0 aromatic heterocycles. The second kappa shape index (κ2) is 9.53. The van der Waals surface area contributed by atoms with Gasteiger partial charge in [0.15, 0.2) is 0 Å². The molecule has 0 atom stereocenters. The maximum Gasteiger partial charge on any atom is 0.255 e. The Hall–Kier alpha value is -2.38. The highest BCUT2D eigenvalue weighted by Gasteiger charge is 2.14. The zero-order valence-corrected chi connectivity index (χ0v) is 16.8. The van der Waals surface area contributed by atoms with E-state index in [1.807, 2.05) is 43.3 Å². The molecule has 0 fully saturated rings. The number of hydrogen-bond acceptors (Lipinski definition) is 4. The van der Waals surface area contributed by atoms with Crippen LogP contribution in [0.3, 0.4) is 0 Å². The quantitative estimate of drug-likeness (QED) is 0.644. The second-order valence-corrected chi connectivity index (χ2v) is 8.29. The fourth-order valence-electron chi connectivity index (χ4n) is 2.50. The van der Waals surface area contributed by atoms with E-state index >= 15 is 0 Å². The molecule has 7 heteroatoms. The van der Waals surface area contributed by atoms with Crippen molar-refractivity contribution in [2.24, 2.45) is 0 Å². The molecule has 0 aliphatic heterocycles. The first-order valence-corrected chi connectivity index (χ1v) is 10.5. The van der Waals surface area contributed by atoms with Crippen LogP contribution in [0.15, 0.2) is 53.4 Å². The van der Waals surface area contributed by atoms with Gasteiger partial charge in [-0.05, 0) is 55.0 Å². The van der Waals surface area contributed by atoms with Crippen LogP contribution in [0.25, 0.3) is 0 Å². The third-order valence-electron chi connectivity index (χ3n) is 4.14. The summed E-state index contributed by atoms with van der Waals surface area (Å²) in [6, 6.07) is 13.4. The number of nitrogens with zero attached hydrogens (tertiary/aromatic N) is 1. The highest BCUT2D eigenvalue weighted by molar-refractivity contribution is 7.89. The number of amides is 1. The molecule has 0 saturated carbocycles. The SMILES string of the molecule is CCCCCNS(=O)(=O)c1ccc(C(=O)Nc2ccc(N(C)C)cc2)cc1. The number of nitrogens with one attached hydrogen (secondary N) is 2. The van der Waals surface area contributed by atoms with Gasteiger partial charge in [0.25, 0.3) is 5.91 Å². The Kier molecular flexibility index (Phi) is 7.38. The summed E-state index contributed by atoms with van der Waals surface area (Å²) in [7, 11) is 0.351. The highest BCUT2D eigenvalue weighted by Crippen LogP contribution is 2.17. The van der Waals surface area contributed by atoms with E-state index in [4.69, 9.17) is 0 Å². The molecular weight excluding hydrogens is 362 g/mol. The number of hydrogen-bond donors (Lipinski definition) is 2. The number of sulfonamides is 1. The molecule has 0 aliphatic rings. The van der Waals surface area contributed by atoms with Gasteiger partial charge in [-0.2, -0.15) is 0 Å². The summed E-state index contributed by atoms with van der Waals surface area (Å²) in [4.78, 5) is 14.5. The summed E-state index contributed by atoms with van der Waals surface area (Å²) in [5.41, 5.74) is 2.12. The second-order valence-electron chi connectivity index (χ2n) is 6.52. The van der Waals surface area contributed by atoms with Gasteiger partial charge < -0.3 is 10.2 Å². The first kappa shape index (κ1) is 20.9. The third-order valence-corrected chi connectivity index (χ3v) is 5.62. The Morgan fingerprint density at radius 2 is 1.59 bits per heavy atom. The molecule has 27 heavy (non-hydrogen) atoms. The minimum atomic E-state index is -3.54. The summed E-state index contributed by atoms with van der Waals surface area (Å²) in [6.45, 7) is 2.48. The lowest BCUT2D eigenvalue weighted by molar-refractivity contribution is 0.102. The van der Waals surface area contributed by atoms with Crippen molar-refractivity contribution < 1.29 is 13.2 Å². The first-order valence-electron chi connectivity index (χ1n) is 9.02. The predicted molar refractivity (Wildman–Crippen MR) is 110 cm³/mol. The number of unbranched alkanes of at least 4 members (excludes halogenated alkanes) is 2. The zero-order valence-electron chi connectivity index (χ0n) is 16.0. The molecule has 0 bridgehead atoms. The van der Waals surface area contributed by atoms with Gasteiger partial charge in [0.1, 0.15) is 0 Å². The van der Waals surface area contributed by atoms with E-state index in [1.54, 1.807) is 0 Å². The summed E-state index contributed by atoms with van der Waals surface area (Å²) in [6.07, 6.45) is 2.82. The van der Waals surface area contributed by atoms with E-state index in [1.165, 1.54) is 24.3 Å². The van der Waals surface area contributed by atoms with Gasteiger partial charge in [-0.25, -0.2) is 13.1 Å². The van der Waals surface area contributed by atoms with E-state index in [2.05, 4.69) is 17.0 Å². The Morgan fingerprint density at radius 3 is 2.15 bits per heavy atom. The molecule has 146 valence electrons. The molecule has 2 N–H and O–H groups in total. The van der Waals surface area contributed by atoms with Gasteiger partial charge in [-0.1, -0.05) is 19.8 Å². The summed E-state index contributed by atoms with van der Waals surface area (Å²) in [5.74, 6) is -0.285. The highest BCUT2D eigenvalue weighted by atomic mass is 32.2. The maximum atomic E-state index is 12.4. The lowest BCUT2D eigenvalue weighted by Crippen LogP contribution is -2.24. The van der Waals surface area contributed by atoms with E-state index in [0.29, 0.717) is 17.8 Å². The number of carbonyl (C=O) groups excluding carboxylic acids is 1. The summed E-state index contributed by atoms with van der Waals surface area (Å²) in [5, 5.41) is 2.81. The van der Waals surface area contributed by atoms with Crippen LogP contribution in [-0.2, 0) is 10.0 Å². The largest absolute Gasteiger partial charge is 0.378 e. The van der Waals surface area contributed by atoms with Crippen molar-refractivity contribution in [1.82, 2.24) is 4.72 Å². The molecule has 0 radical (unpaired) electrons. The van der Waals surface area contributed by atoms with Crippen molar-refractivity contribution in [1.29, 1.82) is 0 Å². The van der Waals surface area contributed by atoms with Crippen molar-refractivity contribution in [2.75, 3.05) is 30.9 Å². The van der Waals surface area contributed by atoms with Gasteiger partial charge >= 0.3 is 0 Å². The fourth-order valence-corrected chi connectivity index (χ4v) is 3.57. The molecule has 0 unspecified atom stereocenters. The number of anilines is 2. The van der Waals surface area contributed by atoms with Crippen LogP contribution in [0.4, 0.5) is 11.4 Å². The Balaban J connectivity index is 2.00. The van der Waals surface area contributed by atoms with E-state index in [9.17, 15) is 13.2 Å². The summed E-state index contributed by atoms with van der Waals surface area (Å²) >= 11 is 0. The van der Waals surface area contributed by atoms with Crippen molar-refractivity contribution in [3.63, 3.8) is 0 Å². The van der Waals surface area contributed by atoms with Crippen molar-refractivity contribution in [3.8, 4) is 0 Å². The molecule has 6 nitrogen and oxygen atoms in total. The van der Waals surface area contributed by atoms with Crippen LogP contribution in [0, 0.1) is 0 Å². The van der Waals surface area contributed by atoms with Crippen LogP contribution in [-0.4, -0.2) is 35.0 Å². The maximum absolute atomic E-state index is 12.4. The Bertz CT molecular complexity index is 845. The minimum absolute atomic E-state index is 0.158. The van der Waals surface area contributed by atoms with Crippen molar-refractivity contribution in [2.45, 2.75) is 31.1 Å². The average molecular weight is 390 g/mol. The number of benzene rings is 2. The lowest BCUT2D eigenvalue weighted by atomic mass is 10.2. The van der Waals surface area contributed by atoms with E-state index < -0.39 is 10.0 Å². The molecule has 2 aromatic rings. The molecule has 0 spiro atoms.